The summed E-state index contributed by atoms with van der Waals surface area (Å²) in [5.41, 5.74) is 2.31. The van der Waals surface area contributed by atoms with Crippen LogP contribution in [0, 0.1) is 0 Å². The van der Waals surface area contributed by atoms with Crippen LogP contribution in [0.25, 0.3) is 0 Å². The first kappa shape index (κ1) is 13.3. The SMILES string of the molecule is CNCC(=O)NCc1ccc(Cn2ccnc2)cc1. The van der Waals surface area contributed by atoms with Crippen molar-refractivity contribution in [1.82, 2.24) is 20.2 Å². The van der Waals surface area contributed by atoms with Crippen molar-refractivity contribution in [2.75, 3.05) is 13.6 Å². The minimum Gasteiger partial charge on any atom is -0.351 e. The van der Waals surface area contributed by atoms with E-state index >= 15 is 0 Å². The molecule has 0 aliphatic carbocycles. The Morgan fingerprint density at radius 3 is 2.63 bits per heavy atom. The fourth-order valence-corrected chi connectivity index (χ4v) is 1.78. The highest BCUT2D eigenvalue weighted by atomic mass is 16.1. The predicted molar refractivity (Wildman–Crippen MR) is 73.5 cm³/mol. The molecule has 0 aliphatic rings. The van der Waals surface area contributed by atoms with E-state index in [1.165, 1.54) is 5.56 Å². The van der Waals surface area contributed by atoms with E-state index in [1.54, 1.807) is 19.6 Å². The van der Waals surface area contributed by atoms with Gasteiger partial charge in [-0.2, -0.15) is 0 Å². The van der Waals surface area contributed by atoms with Crippen LogP contribution in [0.4, 0.5) is 0 Å². The van der Waals surface area contributed by atoms with Crippen molar-refractivity contribution in [2.45, 2.75) is 13.1 Å². The summed E-state index contributed by atoms with van der Waals surface area (Å²) in [6.45, 7) is 1.72. The van der Waals surface area contributed by atoms with Gasteiger partial charge in [0.25, 0.3) is 0 Å². The van der Waals surface area contributed by atoms with Crippen molar-refractivity contribution in [3.8, 4) is 0 Å². The lowest BCUT2D eigenvalue weighted by Crippen LogP contribution is -2.31. The number of amides is 1. The van der Waals surface area contributed by atoms with Crippen LogP contribution in [0.2, 0.25) is 0 Å². The maximum atomic E-state index is 11.3. The topological polar surface area (TPSA) is 59.0 Å². The average Bonchev–Trinajstić information content (AvgIpc) is 2.91. The van der Waals surface area contributed by atoms with Gasteiger partial charge in [-0.1, -0.05) is 24.3 Å². The zero-order valence-corrected chi connectivity index (χ0v) is 11.0. The van der Waals surface area contributed by atoms with Crippen molar-refractivity contribution in [1.29, 1.82) is 0 Å². The fraction of sp³-hybridized carbons (Fsp3) is 0.286. The van der Waals surface area contributed by atoms with Crippen molar-refractivity contribution in [2.24, 2.45) is 0 Å². The number of carbonyl (C=O) groups excluding carboxylic acids is 1. The molecule has 0 spiro atoms. The summed E-state index contributed by atoms with van der Waals surface area (Å²) >= 11 is 0. The van der Waals surface area contributed by atoms with Gasteiger partial charge < -0.3 is 15.2 Å². The Kier molecular flexibility index (Phi) is 4.69. The maximum absolute atomic E-state index is 11.3. The number of rotatable bonds is 6. The first-order valence-corrected chi connectivity index (χ1v) is 6.23. The highest BCUT2D eigenvalue weighted by Crippen LogP contribution is 2.06. The van der Waals surface area contributed by atoms with Crippen LogP contribution in [0.1, 0.15) is 11.1 Å². The highest BCUT2D eigenvalue weighted by molar-refractivity contribution is 5.77. The average molecular weight is 258 g/mol. The number of carbonyl (C=O) groups is 1. The minimum atomic E-state index is 0.00462. The second-order valence-electron chi connectivity index (χ2n) is 4.36. The number of benzene rings is 1. The summed E-state index contributed by atoms with van der Waals surface area (Å²) in [6, 6.07) is 8.21. The normalized spacial score (nSPS) is 10.4. The largest absolute Gasteiger partial charge is 0.351 e. The standard InChI is InChI=1S/C14H18N4O/c1-15-9-14(19)17-8-12-2-4-13(5-3-12)10-18-7-6-16-11-18/h2-7,11,15H,8-10H2,1H3,(H,17,19). The molecule has 100 valence electrons. The van der Waals surface area contributed by atoms with Crippen LogP contribution in [0.15, 0.2) is 43.0 Å². The molecule has 0 aliphatic heterocycles. The van der Waals surface area contributed by atoms with E-state index in [4.69, 9.17) is 0 Å². The van der Waals surface area contributed by atoms with E-state index in [0.717, 1.165) is 12.1 Å². The lowest BCUT2D eigenvalue weighted by Gasteiger charge is -2.07. The van der Waals surface area contributed by atoms with Gasteiger partial charge in [-0.3, -0.25) is 4.79 Å². The monoisotopic (exact) mass is 258 g/mol. The summed E-state index contributed by atoms with van der Waals surface area (Å²) in [6.07, 6.45) is 5.50. The molecule has 0 fully saturated rings. The van der Waals surface area contributed by atoms with Crippen LogP contribution >= 0.6 is 0 Å². The molecule has 5 heteroatoms. The lowest BCUT2D eigenvalue weighted by atomic mass is 10.1. The van der Waals surface area contributed by atoms with Crippen LogP contribution in [0.3, 0.4) is 0 Å². The zero-order chi connectivity index (χ0) is 13.5. The molecule has 19 heavy (non-hydrogen) atoms. The molecule has 0 radical (unpaired) electrons. The molecule has 5 nitrogen and oxygen atoms in total. The van der Waals surface area contributed by atoms with Crippen molar-refractivity contribution < 1.29 is 4.79 Å². The molecule has 0 bridgehead atoms. The second-order valence-corrected chi connectivity index (χ2v) is 4.36. The molecule has 2 aromatic rings. The Hall–Kier alpha value is -2.14. The number of nitrogens with zero attached hydrogens (tertiary/aromatic N) is 2. The Morgan fingerprint density at radius 2 is 2.00 bits per heavy atom. The number of hydrogen-bond acceptors (Lipinski definition) is 3. The van der Waals surface area contributed by atoms with Gasteiger partial charge in [0, 0.05) is 25.5 Å². The van der Waals surface area contributed by atoms with Gasteiger partial charge in [-0.25, -0.2) is 4.98 Å². The third-order valence-electron chi connectivity index (χ3n) is 2.77. The summed E-state index contributed by atoms with van der Waals surface area (Å²) in [4.78, 5) is 15.3. The van der Waals surface area contributed by atoms with E-state index in [1.807, 2.05) is 22.9 Å². The number of imidazole rings is 1. The first-order valence-electron chi connectivity index (χ1n) is 6.23. The predicted octanol–water partition coefficient (Wildman–Crippen LogP) is 0.767. The van der Waals surface area contributed by atoms with Gasteiger partial charge in [-0.15, -0.1) is 0 Å². The smallest absolute Gasteiger partial charge is 0.234 e. The Bertz CT molecular complexity index is 505. The Balaban J connectivity index is 1.86. The molecule has 0 saturated heterocycles. The molecule has 1 heterocycles. The summed E-state index contributed by atoms with van der Waals surface area (Å²) in [5, 5.41) is 5.67. The summed E-state index contributed by atoms with van der Waals surface area (Å²) < 4.78 is 2.02. The van der Waals surface area contributed by atoms with E-state index < -0.39 is 0 Å². The maximum Gasteiger partial charge on any atom is 0.234 e. The van der Waals surface area contributed by atoms with Gasteiger partial charge in [0.1, 0.15) is 0 Å². The molecule has 1 aromatic heterocycles. The molecule has 0 saturated carbocycles. The summed E-state index contributed by atoms with van der Waals surface area (Å²) in [7, 11) is 1.75. The number of likely N-dealkylation sites (N-methyl/N-ethyl adjacent to an activating group) is 1. The third kappa shape index (κ3) is 4.22. The molecular formula is C14H18N4O. The summed E-state index contributed by atoms with van der Waals surface area (Å²) in [5.74, 6) is 0.00462. The molecule has 0 unspecified atom stereocenters. The fourth-order valence-electron chi connectivity index (χ4n) is 1.78. The molecular weight excluding hydrogens is 240 g/mol. The van der Waals surface area contributed by atoms with Crippen molar-refractivity contribution >= 4 is 5.91 Å². The quantitative estimate of drug-likeness (QED) is 0.804. The molecule has 1 aromatic carbocycles. The minimum absolute atomic E-state index is 0.00462. The highest BCUT2D eigenvalue weighted by Gasteiger charge is 2.00. The van der Waals surface area contributed by atoms with Gasteiger partial charge in [0.2, 0.25) is 5.91 Å². The van der Waals surface area contributed by atoms with E-state index in [0.29, 0.717) is 13.1 Å². The number of aromatic nitrogens is 2. The van der Waals surface area contributed by atoms with E-state index in [2.05, 4.69) is 27.8 Å². The first-order chi connectivity index (χ1) is 9.28. The number of nitrogens with one attached hydrogen (secondary N) is 2. The van der Waals surface area contributed by atoms with Crippen LogP contribution in [-0.4, -0.2) is 29.1 Å². The zero-order valence-electron chi connectivity index (χ0n) is 11.0. The molecule has 0 atom stereocenters. The van der Waals surface area contributed by atoms with Gasteiger partial charge in [0.05, 0.1) is 12.9 Å². The third-order valence-corrected chi connectivity index (χ3v) is 2.77. The number of hydrogen-bond donors (Lipinski definition) is 2. The van der Waals surface area contributed by atoms with Gasteiger partial charge in [0.15, 0.2) is 0 Å². The molecule has 2 rings (SSSR count). The molecule has 1 amide bonds. The second kappa shape index (κ2) is 6.70. The molecule has 2 N–H and O–H groups in total. The Morgan fingerprint density at radius 1 is 1.26 bits per heavy atom. The van der Waals surface area contributed by atoms with E-state index in [9.17, 15) is 4.79 Å². The van der Waals surface area contributed by atoms with Crippen LogP contribution in [-0.2, 0) is 17.9 Å². The van der Waals surface area contributed by atoms with E-state index in [-0.39, 0.29) is 5.91 Å². The van der Waals surface area contributed by atoms with Crippen LogP contribution in [0.5, 0.6) is 0 Å². The Labute approximate surface area is 112 Å². The van der Waals surface area contributed by atoms with Gasteiger partial charge in [-0.05, 0) is 18.2 Å². The van der Waals surface area contributed by atoms with Crippen LogP contribution < -0.4 is 10.6 Å². The van der Waals surface area contributed by atoms with Gasteiger partial charge >= 0.3 is 0 Å². The lowest BCUT2D eigenvalue weighted by molar-refractivity contribution is -0.120. The van der Waals surface area contributed by atoms with Crippen molar-refractivity contribution in [3.63, 3.8) is 0 Å². The van der Waals surface area contributed by atoms with Crippen molar-refractivity contribution in [3.05, 3.63) is 54.1 Å².